The van der Waals surface area contributed by atoms with Crippen molar-refractivity contribution in [1.82, 2.24) is 10.6 Å². The molecule has 0 bridgehead atoms. The van der Waals surface area contributed by atoms with E-state index < -0.39 is 9.96 Å². The molecule has 1 rings (SSSR count). The Morgan fingerprint density at radius 1 is 1.27 bits per heavy atom. The van der Waals surface area contributed by atoms with Gasteiger partial charge in [-0.1, -0.05) is 50.7 Å². The fourth-order valence-corrected chi connectivity index (χ4v) is 3.63. The van der Waals surface area contributed by atoms with E-state index in [0.717, 1.165) is 20.2 Å². The molecule has 1 aromatic rings. The number of thiocarbonyl (C=S) groups is 1. The zero-order valence-corrected chi connectivity index (χ0v) is 17.7. The van der Waals surface area contributed by atoms with Crippen LogP contribution in [0.1, 0.15) is 12.5 Å². The molecule has 0 aromatic heterocycles. The Labute approximate surface area is 165 Å². The molecule has 0 unspecified atom stereocenters. The highest BCUT2D eigenvalue weighted by atomic mass is 79.9. The highest BCUT2D eigenvalue weighted by molar-refractivity contribution is 9.11. The first kappa shape index (κ1) is 20.3. The normalized spacial score (nSPS) is 12.5. The van der Waals surface area contributed by atoms with E-state index in [2.05, 4.69) is 47.8 Å². The summed E-state index contributed by atoms with van der Waals surface area (Å²) in [6.45, 7) is 3.23. The average molecular weight is 512 g/mol. The van der Waals surface area contributed by atoms with Gasteiger partial charge in [-0.25, -0.2) is 0 Å². The third-order valence-corrected chi connectivity index (χ3v) is 4.40. The predicted molar refractivity (Wildman–Crippen MR) is 104 cm³/mol. The van der Waals surface area contributed by atoms with Gasteiger partial charge in [0.25, 0.3) is 0 Å². The van der Waals surface area contributed by atoms with Gasteiger partial charge < -0.3 is 16.0 Å². The molecule has 4 nitrogen and oxygen atoms in total. The number of aryl methyl sites for hydroxylation is 1. The van der Waals surface area contributed by atoms with Gasteiger partial charge in [0.1, 0.15) is 6.17 Å². The Kier molecular flexibility index (Phi) is 7.69. The molecule has 0 aliphatic carbocycles. The van der Waals surface area contributed by atoms with Gasteiger partial charge in [0.05, 0.1) is 5.69 Å². The molecule has 0 fully saturated rings. The van der Waals surface area contributed by atoms with Crippen LogP contribution < -0.4 is 16.0 Å². The topological polar surface area (TPSA) is 53.2 Å². The molecule has 3 N–H and O–H groups in total. The van der Waals surface area contributed by atoms with Crippen molar-refractivity contribution in [3.8, 4) is 0 Å². The predicted octanol–water partition coefficient (Wildman–Crippen LogP) is 4.64. The molecule has 0 spiro atoms. The largest absolute Gasteiger partial charge is 0.339 e. The third-order valence-electron chi connectivity index (χ3n) is 2.44. The summed E-state index contributed by atoms with van der Waals surface area (Å²) in [6.07, 6.45) is -0.968. The summed E-state index contributed by atoms with van der Waals surface area (Å²) >= 11 is 29.5. The maximum Gasteiger partial charge on any atom is 0.228 e. The van der Waals surface area contributed by atoms with E-state index >= 15 is 0 Å². The first-order valence-corrected chi connectivity index (χ1v) is 9.00. The number of anilines is 1. The van der Waals surface area contributed by atoms with Gasteiger partial charge in [0.15, 0.2) is 5.11 Å². The highest BCUT2D eigenvalue weighted by Gasteiger charge is 2.34. The van der Waals surface area contributed by atoms with E-state index in [-0.39, 0.29) is 11.0 Å². The maximum absolute atomic E-state index is 11.2. The van der Waals surface area contributed by atoms with Gasteiger partial charge in [-0.15, -0.1) is 0 Å². The minimum Gasteiger partial charge on any atom is -0.339 e. The van der Waals surface area contributed by atoms with Crippen LogP contribution in [-0.4, -0.2) is 21.0 Å². The van der Waals surface area contributed by atoms with Crippen molar-refractivity contribution in [3.05, 3.63) is 26.6 Å². The smallest absolute Gasteiger partial charge is 0.228 e. The minimum atomic E-state index is -1.76. The lowest BCUT2D eigenvalue weighted by Crippen LogP contribution is -2.55. The van der Waals surface area contributed by atoms with Crippen molar-refractivity contribution >= 4 is 95.6 Å². The fourth-order valence-electron chi connectivity index (χ4n) is 1.54. The van der Waals surface area contributed by atoms with Crippen molar-refractivity contribution in [2.45, 2.75) is 23.8 Å². The Morgan fingerprint density at radius 3 is 2.32 bits per heavy atom. The third kappa shape index (κ3) is 6.37. The minimum absolute atomic E-state index is 0.205. The zero-order valence-electron chi connectivity index (χ0n) is 11.4. The van der Waals surface area contributed by atoms with Gasteiger partial charge in [-0.3, -0.25) is 4.79 Å². The number of rotatable bonds is 3. The van der Waals surface area contributed by atoms with Crippen molar-refractivity contribution < 1.29 is 4.79 Å². The lowest BCUT2D eigenvalue weighted by atomic mass is 10.2. The van der Waals surface area contributed by atoms with E-state index in [9.17, 15) is 4.79 Å². The number of carbonyl (C=O) groups excluding carboxylic acids is 1. The van der Waals surface area contributed by atoms with Gasteiger partial charge in [-0.05, 0) is 52.8 Å². The van der Waals surface area contributed by atoms with Crippen LogP contribution in [0.15, 0.2) is 21.1 Å². The fraction of sp³-hybridized carbons (Fsp3) is 0.333. The molecular weight excluding hydrogens is 500 g/mol. The van der Waals surface area contributed by atoms with Crippen molar-refractivity contribution in [2.75, 3.05) is 5.32 Å². The molecule has 0 aliphatic heterocycles. The van der Waals surface area contributed by atoms with Crippen LogP contribution in [0.2, 0.25) is 0 Å². The van der Waals surface area contributed by atoms with Crippen LogP contribution in [0.5, 0.6) is 0 Å². The second-order valence-electron chi connectivity index (χ2n) is 4.35. The Bertz CT molecular complexity index is 572. The number of amides is 1. The van der Waals surface area contributed by atoms with Crippen LogP contribution in [0.4, 0.5) is 5.69 Å². The van der Waals surface area contributed by atoms with Crippen LogP contribution >= 0.6 is 78.9 Å². The number of halogens is 5. The van der Waals surface area contributed by atoms with Gasteiger partial charge in [0.2, 0.25) is 9.70 Å². The van der Waals surface area contributed by atoms with Crippen molar-refractivity contribution in [2.24, 2.45) is 0 Å². The Hall–Kier alpha value is 0.210. The summed E-state index contributed by atoms with van der Waals surface area (Å²) < 4.78 is -0.0177. The highest BCUT2D eigenvalue weighted by Crippen LogP contribution is 2.31. The molecule has 1 aromatic carbocycles. The van der Waals surface area contributed by atoms with Crippen LogP contribution in [0, 0.1) is 6.92 Å². The Balaban J connectivity index is 2.87. The summed E-state index contributed by atoms with van der Waals surface area (Å²) in [5.41, 5.74) is 1.72. The first-order chi connectivity index (χ1) is 10.0. The van der Waals surface area contributed by atoms with E-state index in [4.69, 9.17) is 47.0 Å². The zero-order chi connectivity index (χ0) is 17.1. The second-order valence-corrected chi connectivity index (χ2v) is 8.90. The summed E-state index contributed by atoms with van der Waals surface area (Å²) in [7, 11) is 0. The quantitative estimate of drug-likeness (QED) is 0.314. The van der Waals surface area contributed by atoms with E-state index in [1.807, 2.05) is 19.1 Å². The summed E-state index contributed by atoms with van der Waals surface area (Å²) in [5.74, 6) is -0.354. The number of benzene rings is 1. The molecule has 0 radical (unpaired) electrons. The maximum atomic E-state index is 11.2. The van der Waals surface area contributed by atoms with E-state index in [1.165, 1.54) is 6.92 Å². The lowest BCUT2D eigenvalue weighted by Gasteiger charge is -2.27. The van der Waals surface area contributed by atoms with E-state index in [1.54, 1.807) is 0 Å². The molecule has 1 atom stereocenters. The van der Waals surface area contributed by atoms with E-state index in [0.29, 0.717) is 0 Å². The molecule has 0 aliphatic rings. The van der Waals surface area contributed by atoms with Gasteiger partial charge in [-0.2, -0.15) is 0 Å². The number of hydrogen-bond acceptors (Lipinski definition) is 2. The van der Waals surface area contributed by atoms with Crippen molar-refractivity contribution in [3.63, 3.8) is 0 Å². The SMILES string of the molecule is CC(=O)N[C@@H](NC(=S)Nc1c(C)cc(Br)cc1Br)C(Cl)(Cl)Cl. The molecule has 122 valence electrons. The summed E-state index contributed by atoms with van der Waals surface area (Å²) in [6, 6.07) is 3.80. The molecule has 10 heteroatoms. The Morgan fingerprint density at radius 2 is 1.86 bits per heavy atom. The van der Waals surface area contributed by atoms with Gasteiger partial charge in [0, 0.05) is 15.9 Å². The summed E-state index contributed by atoms with van der Waals surface area (Å²) in [5, 5.41) is 8.46. The number of carbonyl (C=O) groups is 1. The molecular formula is C12H12Br2Cl3N3OS. The standard InChI is InChI=1S/C12H12Br2Cl3N3OS/c1-5-3-7(13)4-8(14)9(5)19-11(22)20-10(12(15,16)17)18-6(2)21/h3-4,10H,1-2H3,(H,18,21)(H2,19,20,22)/t10-/m0/s1. The average Bonchev–Trinajstić information content (AvgIpc) is 2.31. The number of hydrogen-bond donors (Lipinski definition) is 3. The molecule has 0 heterocycles. The second kappa shape index (κ2) is 8.35. The monoisotopic (exact) mass is 509 g/mol. The number of nitrogens with one attached hydrogen (secondary N) is 3. The van der Waals surface area contributed by atoms with Gasteiger partial charge >= 0.3 is 0 Å². The molecule has 1 amide bonds. The molecule has 22 heavy (non-hydrogen) atoms. The number of alkyl halides is 3. The summed E-state index contributed by atoms with van der Waals surface area (Å²) in [4.78, 5) is 11.2. The van der Waals surface area contributed by atoms with Crippen LogP contribution in [-0.2, 0) is 4.79 Å². The van der Waals surface area contributed by atoms with Crippen molar-refractivity contribution in [1.29, 1.82) is 0 Å². The van der Waals surface area contributed by atoms with Crippen LogP contribution in [0.3, 0.4) is 0 Å². The lowest BCUT2D eigenvalue weighted by molar-refractivity contribution is -0.119. The first-order valence-electron chi connectivity index (χ1n) is 5.87. The van der Waals surface area contributed by atoms with Crippen LogP contribution in [0.25, 0.3) is 0 Å². The molecule has 0 saturated heterocycles. The molecule has 0 saturated carbocycles.